The molecule has 10 nitrogen and oxygen atoms in total. The summed E-state index contributed by atoms with van der Waals surface area (Å²) in [6.07, 6.45) is 0. The summed E-state index contributed by atoms with van der Waals surface area (Å²) in [6.45, 7) is 0.510. The van der Waals surface area contributed by atoms with E-state index in [4.69, 9.17) is 9.47 Å². The van der Waals surface area contributed by atoms with Gasteiger partial charge in [0.1, 0.15) is 0 Å². The van der Waals surface area contributed by atoms with Crippen molar-refractivity contribution in [1.29, 1.82) is 0 Å². The average Bonchev–Trinajstić information content (AvgIpc) is 2.83. The van der Waals surface area contributed by atoms with Gasteiger partial charge in [-0.25, -0.2) is 18.0 Å². The highest BCUT2D eigenvalue weighted by Crippen LogP contribution is 2.19. The van der Waals surface area contributed by atoms with E-state index in [1.54, 1.807) is 0 Å². The maximum atomic E-state index is 12.7. The van der Waals surface area contributed by atoms with Gasteiger partial charge in [-0.15, -0.1) is 0 Å². The summed E-state index contributed by atoms with van der Waals surface area (Å²) in [4.78, 5) is 35.8. The SMILES string of the molecule is COC(=O)c1ccc(NC(=O)COC(=O)c2cccc(S(=O)(=O)N3CCOCC3)c2)cc1. The molecule has 2 aromatic rings. The molecule has 0 bridgehead atoms. The van der Waals surface area contributed by atoms with Crippen LogP contribution < -0.4 is 5.32 Å². The van der Waals surface area contributed by atoms with Crippen molar-refractivity contribution < 1.29 is 37.0 Å². The zero-order valence-corrected chi connectivity index (χ0v) is 18.1. The fraction of sp³-hybridized carbons (Fsp3) is 0.286. The van der Waals surface area contributed by atoms with Crippen molar-refractivity contribution in [2.24, 2.45) is 0 Å². The van der Waals surface area contributed by atoms with Crippen molar-refractivity contribution in [3.8, 4) is 0 Å². The van der Waals surface area contributed by atoms with Crippen molar-refractivity contribution in [1.82, 2.24) is 4.31 Å². The number of amides is 1. The van der Waals surface area contributed by atoms with Gasteiger partial charge in [-0.3, -0.25) is 4.79 Å². The number of carbonyl (C=O) groups is 3. The molecule has 11 heteroatoms. The number of benzene rings is 2. The second-order valence-corrected chi connectivity index (χ2v) is 8.68. The number of nitrogens with one attached hydrogen (secondary N) is 1. The number of morpholine rings is 1. The Balaban J connectivity index is 1.58. The van der Waals surface area contributed by atoms with Gasteiger partial charge in [0.2, 0.25) is 10.0 Å². The van der Waals surface area contributed by atoms with Crippen LogP contribution in [-0.2, 0) is 29.0 Å². The summed E-state index contributed by atoms with van der Waals surface area (Å²) in [5.74, 6) is -1.93. The molecule has 1 aliphatic heterocycles. The van der Waals surface area contributed by atoms with E-state index in [0.29, 0.717) is 24.5 Å². The maximum Gasteiger partial charge on any atom is 0.338 e. The van der Waals surface area contributed by atoms with Gasteiger partial charge in [-0.1, -0.05) is 6.07 Å². The zero-order chi connectivity index (χ0) is 23.1. The van der Waals surface area contributed by atoms with E-state index in [0.717, 1.165) is 0 Å². The van der Waals surface area contributed by atoms with Gasteiger partial charge in [0.05, 0.1) is 36.3 Å². The van der Waals surface area contributed by atoms with E-state index < -0.39 is 34.5 Å². The predicted molar refractivity (Wildman–Crippen MR) is 113 cm³/mol. The Morgan fingerprint density at radius 2 is 1.69 bits per heavy atom. The molecular weight excluding hydrogens is 440 g/mol. The van der Waals surface area contributed by atoms with Gasteiger partial charge in [-0.05, 0) is 42.5 Å². The molecule has 0 aromatic heterocycles. The molecule has 32 heavy (non-hydrogen) atoms. The van der Waals surface area contributed by atoms with E-state index in [9.17, 15) is 22.8 Å². The molecule has 3 rings (SSSR count). The van der Waals surface area contributed by atoms with Crippen LogP contribution in [0.15, 0.2) is 53.4 Å². The molecule has 0 atom stereocenters. The topological polar surface area (TPSA) is 128 Å². The van der Waals surface area contributed by atoms with E-state index >= 15 is 0 Å². The lowest BCUT2D eigenvalue weighted by Gasteiger charge is -2.26. The molecule has 1 aliphatic rings. The second-order valence-electron chi connectivity index (χ2n) is 6.74. The first kappa shape index (κ1) is 23.4. The third kappa shape index (κ3) is 5.69. The number of esters is 2. The van der Waals surface area contributed by atoms with Crippen LogP contribution in [0.2, 0.25) is 0 Å². The molecule has 170 valence electrons. The Labute approximate surface area is 185 Å². The molecule has 1 fully saturated rings. The third-order valence-corrected chi connectivity index (χ3v) is 6.50. The summed E-state index contributed by atoms with van der Waals surface area (Å²) < 4.78 is 41.5. The number of ether oxygens (including phenoxy) is 3. The minimum atomic E-state index is -3.77. The van der Waals surface area contributed by atoms with Crippen molar-refractivity contribution >= 4 is 33.6 Å². The molecule has 1 amide bonds. The number of anilines is 1. The van der Waals surface area contributed by atoms with E-state index in [-0.39, 0.29) is 23.5 Å². The average molecular weight is 462 g/mol. The molecule has 0 saturated carbocycles. The van der Waals surface area contributed by atoms with Crippen LogP contribution in [0.4, 0.5) is 5.69 Å². The Morgan fingerprint density at radius 1 is 1.00 bits per heavy atom. The number of hydrogen-bond donors (Lipinski definition) is 1. The Kier molecular flexibility index (Phi) is 7.57. The van der Waals surface area contributed by atoms with Gasteiger partial charge < -0.3 is 19.5 Å². The third-order valence-electron chi connectivity index (χ3n) is 4.60. The number of hydrogen-bond acceptors (Lipinski definition) is 8. The maximum absolute atomic E-state index is 12.7. The number of rotatable bonds is 7. The summed E-state index contributed by atoms with van der Waals surface area (Å²) in [5.41, 5.74) is 0.732. The second kappa shape index (κ2) is 10.4. The number of methoxy groups -OCH3 is 1. The van der Waals surface area contributed by atoms with Crippen molar-refractivity contribution in [3.05, 3.63) is 59.7 Å². The van der Waals surface area contributed by atoms with Gasteiger partial charge in [-0.2, -0.15) is 4.31 Å². The van der Waals surface area contributed by atoms with Crippen LogP contribution in [-0.4, -0.2) is 70.6 Å². The highest BCUT2D eigenvalue weighted by molar-refractivity contribution is 7.89. The Bertz CT molecular complexity index is 1090. The van der Waals surface area contributed by atoms with Gasteiger partial charge in [0.25, 0.3) is 5.91 Å². The number of carbonyl (C=O) groups excluding carboxylic acids is 3. The van der Waals surface area contributed by atoms with Crippen LogP contribution in [0.25, 0.3) is 0 Å². The quantitative estimate of drug-likeness (QED) is 0.610. The van der Waals surface area contributed by atoms with Crippen molar-refractivity contribution in [2.75, 3.05) is 45.3 Å². The molecule has 2 aromatic carbocycles. The van der Waals surface area contributed by atoms with Gasteiger partial charge in [0.15, 0.2) is 6.61 Å². The fourth-order valence-electron chi connectivity index (χ4n) is 2.94. The normalized spacial score (nSPS) is 14.4. The lowest BCUT2D eigenvalue weighted by atomic mass is 10.2. The summed E-state index contributed by atoms with van der Waals surface area (Å²) in [6, 6.07) is 11.4. The monoisotopic (exact) mass is 462 g/mol. The molecule has 0 unspecified atom stereocenters. The summed E-state index contributed by atoms with van der Waals surface area (Å²) >= 11 is 0. The molecule has 0 spiro atoms. The van der Waals surface area contributed by atoms with Crippen molar-refractivity contribution in [3.63, 3.8) is 0 Å². The van der Waals surface area contributed by atoms with Crippen LogP contribution in [0.3, 0.4) is 0 Å². The van der Waals surface area contributed by atoms with E-state index in [1.807, 2.05) is 0 Å². The first-order chi connectivity index (χ1) is 15.3. The Morgan fingerprint density at radius 3 is 2.34 bits per heavy atom. The van der Waals surface area contributed by atoms with Gasteiger partial charge >= 0.3 is 11.9 Å². The molecule has 1 heterocycles. The minimum absolute atomic E-state index is 0.00886. The molecule has 0 aliphatic carbocycles. The number of sulfonamides is 1. The van der Waals surface area contributed by atoms with Crippen molar-refractivity contribution in [2.45, 2.75) is 4.90 Å². The highest BCUT2D eigenvalue weighted by Gasteiger charge is 2.27. The van der Waals surface area contributed by atoms with E-state index in [1.165, 1.54) is 59.9 Å². The Hall–Kier alpha value is -3.28. The first-order valence-electron chi connectivity index (χ1n) is 9.64. The standard InChI is InChI=1S/C21H22N2O8S/c1-29-20(25)15-5-7-17(8-6-15)22-19(24)14-31-21(26)16-3-2-4-18(13-16)32(27,28)23-9-11-30-12-10-23/h2-8,13H,9-12,14H2,1H3,(H,22,24). The minimum Gasteiger partial charge on any atom is -0.465 e. The predicted octanol–water partition coefficient (Wildman–Crippen LogP) is 1.29. The van der Waals surface area contributed by atoms with Crippen LogP contribution in [0.5, 0.6) is 0 Å². The summed E-state index contributed by atoms with van der Waals surface area (Å²) in [5, 5.41) is 2.53. The van der Waals surface area contributed by atoms with Gasteiger partial charge in [0, 0.05) is 18.8 Å². The largest absolute Gasteiger partial charge is 0.465 e. The lowest BCUT2D eigenvalue weighted by Crippen LogP contribution is -2.40. The molecular formula is C21H22N2O8S. The highest BCUT2D eigenvalue weighted by atomic mass is 32.2. The number of nitrogens with zero attached hydrogens (tertiary/aromatic N) is 1. The first-order valence-corrected chi connectivity index (χ1v) is 11.1. The smallest absolute Gasteiger partial charge is 0.338 e. The molecule has 1 N–H and O–H groups in total. The van der Waals surface area contributed by atoms with E-state index in [2.05, 4.69) is 10.1 Å². The molecule has 1 saturated heterocycles. The lowest BCUT2D eigenvalue weighted by molar-refractivity contribution is -0.119. The fourth-order valence-corrected chi connectivity index (χ4v) is 4.39. The summed E-state index contributed by atoms with van der Waals surface area (Å²) in [7, 11) is -2.50. The molecule has 0 radical (unpaired) electrons. The van der Waals surface area contributed by atoms with Crippen LogP contribution >= 0.6 is 0 Å². The zero-order valence-electron chi connectivity index (χ0n) is 17.3. The van der Waals surface area contributed by atoms with Crippen LogP contribution in [0.1, 0.15) is 20.7 Å². The van der Waals surface area contributed by atoms with Crippen LogP contribution in [0, 0.1) is 0 Å².